The predicted octanol–water partition coefficient (Wildman–Crippen LogP) is 2.69. The number of nitrogens with zero attached hydrogens (tertiary/aromatic N) is 3. The number of likely N-dealkylation sites (tertiary alicyclic amines) is 1. The van der Waals surface area contributed by atoms with Crippen molar-refractivity contribution in [2.75, 3.05) is 13.1 Å². The number of carboxylic acid groups (broad SMARTS) is 1. The molecule has 4 rings (SSSR count). The molecule has 2 N–H and O–H groups in total. The Kier molecular flexibility index (Phi) is 5.74. The number of aromatic nitrogens is 2. The Morgan fingerprint density at radius 2 is 2.00 bits per heavy atom. The Morgan fingerprint density at radius 3 is 2.67 bits per heavy atom. The van der Waals surface area contributed by atoms with Gasteiger partial charge < -0.3 is 10.4 Å². The van der Waals surface area contributed by atoms with E-state index in [0.29, 0.717) is 12.6 Å². The Bertz CT molecular complexity index is 968. The average molecular weight is 440 g/mol. The number of alkyl halides is 1. The molecule has 0 spiro atoms. The van der Waals surface area contributed by atoms with Crippen LogP contribution in [0.15, 0.2) is 18.2 Å². The summed E-state index contributed by atoms with van der Waals surface area (Å²) in [5.41, 5.74) is 0.0127. The highest BCUT2D eigenvalue weighted by Crippen LogP contribution is 2.37. The zero-order valence-corrected chi connectivity index (χ0v) is 16.5. The number of aliphatic carboxylic acids is 1. The first-order valence-corrected chi connectivity index (χ1v) is 10.4. The third-order valence-corrected chi connectivity index (χ3v) is 6.37. The number of nitrogens with one attached hydrogen (secondary N) is 1. The first-order chi connectivity index (χ1) is 14.3. The second-order valence-electron chi connectivity index (χ2n) is 7.55. The molecule has 7 nitrogen and oxygen atoms in total. The van der Waals surface area contributed by atoms with Crippen molar-refractivity contribution in [1.82, 2.24) is 20.4 Å². The lowest BCUT2D eigenvalue weighted by molar-refractivity contribution is -0.145. The first-order valence-electron chi connectivity index (χ1n) is 9.54. The van der Waals surface area contributed by atoms with Crippen LogP contribution in [0, 0.1) is 23.5 Å². The minimum Gasteiger partial charge on any atom is -0.481 e. The molecule has 11 heteroatoms. The molecular formula is C19H19F3N4O3S. The predicted molar refractivity (Wildman–Crippen MR) is 101 cm³/mol. The second-order valence-corrected chi connectivity index (χ2v) is 8.53. The number of hydrogen-bond donors (Lipinski definition) is 2. The molecule has 1 unspecified atom stereocenters. The minimum atomic E-state index is -1.15. The molecule has 1 aromatic heterocycles. The summed E-state index contributed by atoms with van der Waals surface area (Å²) < 4.78 is 41.4. The number of rotatable bonds is 6. The first kappa shape index (κ1) is 20.7. The Labute approximate surface area is 173 Å². The third-order valence-electron chi connectivity index (χ3n) is 5.42. The quantitative estimate of drug-likeness (QED) is 0.671. The fourth-order valence-electron chi connectivity index (χ4n) is 3.61. The van der Waals surface area contributed by atoms with Crippen LogP contribution in [0.4, 0.5) is 13.2 Å². The number of benzene rings is 1. The Balaban J connectivity index is 1.44. The van der Waals surface area contributed by atoms with Gasteiger partial charge in [-0.05, 0) is 31.4 Å². The van der Waals surface area contributed by atoms with Crippen molar-refractivity contribution in [2.45, 2.75) is 31.6 Å². The van der Waals surface area contributed by atoms with Crippen molar-refractivity contribution < 1.29 is 27.9 Å². The van der Waals surface area contributed by atoms with Crippen LogP contribution in [-0.2, 0) is 4.79 Å². The lowest BCUT2D eigenvalue weighted by Gasteiger charge is -2.38. The van der Waals surface area contributed by atoms with Crippen LogP contribution in [0.2, 0.25) is 0 Å². The highest BCUT2D eigenvalue weighted by molar-refractivity contribution is 7.16. The fourth-order valence-corrected chi connectivity index (χ4v) is 4.38. The van der Waals surface area contributed by atoms with E-state index in [-0.39, 0.29) is 34.5 Å². The van der Waals surface area contributed by atoms with E-state index in [1.54, 1.807) is 0 Å². The van der Waals surface area contributed by atoms with Crippen LogP contribution in [0.3, 0.4) is 0 Å². The molecule has 2 fully saturated rings. The highest BCUT2D eigenvalue weighted by Gasteiger charge is 2.42. The maximum Gasteiger partial charge on any atom is 0.309 e. The number of amides is 1. The van der Waals surface area contributed by atoms with Crippen LogP contribution < -0.4 is 5.32 Å². The molecule has 1 saturated carbocycles. The minimum absolute atomic E-state index is 0.0127. The maximum atomic E-state index is 14.4. The van der Waals surface area contributed by atoms with Gasteiger partial charge in [0, 0.05) is 36.7 Å². The summed E-state index contributed by atoms with van der Waals surface area (Å²) in [5, 5.41) is 19.8. The zero-order chi connectivity index (χ0) is 21.4. The molecule has 3 atom stereocenters. The summed E-state index contributed by atoms with van der Waals surface area (Å²) in [4.78, 5) is 25.8. The van der Waals surface area contributed by atoms with Gasteiger partial charge in [-0.25, -0.2) is 13.2 Å². The number of hydrogen-bond acceptors (Lipinski definition) is 6. The van der Waals surface area contributed by atoms with Gasteiger partial charge in [-0.15, -0.1) is 10.2 Å². The lowest BCUT2D eigenvalue weighted by Crippen LogP contribution is -2.55. The molecule has 2 heterocycles. The van der Waals surface area contributed by atoms with E-state index in [0.717, 1.165) is 30.2 Å². The topological polar surface area (TPSA) is 95.4 Å². The van der Waals surface area contributed by atoms with Crippen LogP contribution in [-0.4, -0.2) is 57.5 Å². The molecule has 30 heavy (non-hydrogen) atoms. The van der Waals surface area contributed by atoms with Crippen molar-refractivity contribution in [3.05, 3.63) is 34.8 Å². The van der Waals surface area contributed by atoms with Crippen LogP contribution >= 0.6 is 11.3 Å². The van der Waals surface area contributed by atoms with Gasteiger partial charge >= 0.3 is 5.97 Å². The average Bonchev–Trinajstić information content (AvgIpc) is 3.44. The van der Waals surface area contributed by atoms with Gasteiger partial charge in [-0.2, -0.15) is 0 Å². The molecular weight excluding hydrogens is 421 g/mol. The van der Waals surface area contributed by atoms with E-state index in [2.05, 4.69) is 15.5 Å². The van der Waals surface area contributed by atoms with Gasteiger partial charge in [-0.1, -0.05) is 11.3 Å². The molecule has 2 aliphatic rings. The standard InChI is InChI=1S/C19H19F3N4O3S/c20-10-3-4-11(13(21)7-10)17-24-25-18(30-17)16(27)23-14-5-6-26(8-12(14)19(28)29)15(22)9-1-2-9/h3-4,7,9,12,14-15H,1-2,5-6,8H2,(H,23,27)(H,28,29)/t12-,14-,15?/m0/s1. The van der Waals surface area contributed by atoms with E-state index in [1.165, 1.54) is 11.0 Å². The number of carboxylic acids is 1. The summed E-state index contributed by atoms with van der Waals surface area (Å²) in [6.45, 7) is 0.356. The normalized spacial score (nSPS) is 23.2. The zero-order valence-electron chi connectivity index (χ0n) is 15.7. The van der Waals surface area contributed by atoms with Gasteiger partial charge in [0.1, 0.15) is 11.6 Å². The van der Waals surface area contributed by atoms with Crippen LogP contribution in [0.25, 0.3) is 10.6 Å². The largest absolute Gasteiger partial charge is 0.481 e. The lowest BCUT2D eigenvalue weighted by atomic mass is 9.91. The van der Waals surface area contributed by atoms with Crippen molar-refractivity contribution in [3.63, 3.8) is 0 Å². The van der Waals surface area contributed by atoms with Crippen molar-refractivity contribution in [3.8, 4) is 10.6 Å². The SMILES string of the molecule is O=C(N[C@H]1CCN(C(F)C2CC2)C[C@@H]1C(=O)O)c1nnc(-c2ccc(F)cc2F)s1. The van der Waals surface area contributed by atoms with E-state index < -0.39 is 41.8 Å². The fraction of sp³-hybridized carbons (Fsp3) is 0.474. The molecule has 0 radical (unpaired) electrons. The van der Waals surface area contributed by atoms with Gasteiger partial charge in [0.15, 0.2) is 11.3 Å². The van der Waals surface area contributed by atoms with Crippen LogP contribution in [0.1, 0.15) is 29.1 Å². The van der Waals surface area contributed by atoms with Gasteiger partial charge in [0.2, 0.25) is 5.01 Å². The Hall–Kier alpha value is -2.53. The van der Waals surface area contributed by atoms with E-state index in [4.69, 9.17) is 0 Å². The van der Waals surface area contributed by atoms with E-state index in [9.17, 15) is 27.9 Å². The number of carbonyl (C=O) groups excluding carboxylic acids is 1. The molecule has 2 aromatic rings. The maximum absolute atomic E-state index is 14.4. The van der Waals surface area contributed by atoms with Crippen molar-refractivity contribution in [1.29, 1.82) is 0 Å². The molecule has 0 bridgehead atoms. The summed E-state index contributed by atoms with van der Waals surface area (Å²) in [7, 11) is 0. The molecule has 1 amide bonds. The summed E-state index contributed by atoms with van der Waals surface area (Å²) in [6, 6.07) is 2.30. The third kappa shape index (κ3) is 4.31. The number of halogens is 3. The smallest absolute Gasteiger partial charge is 0.309 e. The monoisotopic (exact) mass is 440 g/mol. The summed E-state index contributed by atoms with van der Waals surface area (Å²) in [5.74, 6) is -4.29. The number of carbonyl (C=O) groups is 2. The molecule has 160 valence electrons. The second kappa shape index (κ2) is 8.31. The van der Waals surface area contributed by atoms with E-state index >= 15 is 0 Å². The van der Waals surface area contributed by atoms with Gasteiger partial charge in [-0.3, -0.25) is 14.5 Å². The van der Waals surface area contributed by atoms with Gasteiger partial charge in [0.05, 0.1) is 5.92 Å². The Morgan fingerprint density at radius 1 is 1.23 bits per heavy atom. The number of piperidine rings is 1. The molecule has 1 aliphatic carbocycles. The van der Waals surface area contributed by atoms with Crippen molar-refractivity contribution in [2.24, 2.45) is 11.8 Å². The van der Waals surface area contributed by atoms with Crippen molar-refractivity contribution >= 4 is 23.2 Å². The van der Waals surface area contributed by atoms with Gasteiger partial charge in [0.25, 0.3) is 5.91 Å². The van der Waals surface area contributed by atoms with E-state index in [1.807, 2.05) is 0 Å². The highest BCUT2D eigenvalue weighted by atomic mass is 32.1. The summed E-state index contributed by atoms with van der Waals surface area (Å²) in [6.07, 6.45) is 0.751. The summed E-state index contributed by atoms with van der Waals surface area (Å²) >= 11 is 0.815. The molecule has 1 aliphatic heterocycles. The van der Waals surface area contributed by atoms with Crippen LogP contribution in [0.5, 0.6) is 0 Å². The molecule has 1 aromatic carbocycles. The molecule has 1 saturated heterocycles.